The van der Waals surface area contributed by atoms with Crippen molar-refractivity contribution in [3.8, 4) is 0 Å². The number of hydrogen-bond acceptors (Lipinski definition) is 4. The zero-order valence-electron chi connectivity index (χ0n) is 10.6. The van der Waals surface area contributed by atoms with E-state index in [0.29, 0.717) is 19.1 Å². The van der Waals surface area contributed by atoms with E-state index < -0.39 is 6.03 Å². The van der Waals surface area contributed by atoms with Gasteiger partial charge in [-0.1, -0.05) is 0 Å². The number of urea groups is 1. The van der Waals surface area contributed by atoms with Crippen LogP contribution in [0.15, 0.2) is 0 Å². The van der Waals surface area contributed by atoms with Crippen LogP contribution in [-0.4, -0.2) is 56.1 Å². The van der Waals surface area contributed by atoms with Crippen molar-refractivity contribution < 1.29 is 9.59 Å². The Morgan fingerprint density at radius 3 is 2.82 bits per heavy atom. The van der Waals surface area contributed by atoms with Crippen LogP contribution in [0.2, 0.25) is 0 Å². The number of nitrogens with one attached hydrogen (secondary N) is 3. The summed E-state index contributed by atoms with van der Waals surface area (Å²) >= 11 is 0. The fraction of sp³-hybridized carbons (Fsp3) is 0.818. The summed E-state index contributed by atoms with van der Waals surface area (Å²) in [5.74, 6) is -0.237. The largest absolute Gasteiger partial charge is 0.338 e. The molecule has 98 valence electrons. The molecule has 0 aromatic rings. The molecule has 0 spiro atoms. The fourth-order valence-corrected chi connectivity index (χ4v) is 2.13. The molecule has 6 heteroatoms. The summed E-state index contributed by atoms with van der Waals surface area (Å²) in [5.41, 5.74) is 0. The van der Waals surface area contributed by atoms with Gasteiger partial charge in [0.2, 0.25) is 5.91 Å². The first kappa shape index (κ1) is 13.9. The lowest BCUT2D eigenvalue weighted by Gasteiger charge is -2.23. The summed E-state index contributed by atoms with van der Waals surface area (Å²) in [6, 6.07) is -0.0122. The van der Waals surface area contributed by atoms with Crippen molar-refractivity contribution in [1.29, 1.82) is 0 Å². The first-order valence-corrected chi connectivity index (χ1v) is 6.13. The van der Waals surface area contributed by atoms with Gasteiger partial charge in [-0.25, -0.2) is 4.79 Å². The summed E-state index contributed by atoms with van der Waals surface area (Å²) in [7, 11) is 1.91. The fourth-order valence-electron chi connectivity index (χ4n) is 2.13. The second-order valence-corrected chi connectivity index (χ2v) is 4.23. The van der Waals surface area contributed by atoms with Crippen LogP contribution in [0, 0.1) is 0 Å². The average molecular weight is 242 g/mol. The molecule has 6 nitrogen and oxygen atoms in total. The molecule has 3 N–H and O–H groups in total. The first-order valence-electron chi connectivity index (χ1n) is 6.13. The number of amides is 3. The van der Waals surface area contributed by atoms with E-state index in [1.54, 1.807) is 0 Å². The molecule has 1 atom stereocenters. The van der Waals surface area contributed by atoms with Crippen molar-refractivity contribution in [3.05, 3.63) is 0 Å². The molecule has 0 saturated carbocycles. The Kier molecular flexibility index (Phi) is 5.93. The molecule has 1 fully saturated rings. The van der Waals surface area contributed by atoms with Crippen LogP contribution in [0.1, 0.15) is 19.8 Å². The van der Waals surface area contributed by atoms with Crippen LogP contribution in [0.3, 0.4) is 0 Å². The predicted molar refractivity (Wildman–Crippen MR) is 65.7 cm³/mol. The summed E-state index contributed by atoms with van der Waals surface area (Å²) in [6.07, 6.45) is 2.22. The van der Waals surface area contributed by atoms with E-state index in [0.717, 1.165) is 25.9 Å². The standard InChI is InChI=1S/C11H22N4O2/c1-3-13-11(17)14-10(16)8-15-6-4-5-9(15)7-12-2/h9,12H,3-8H2,1-2H3,(H2,13,14,16,17). The lowest BCUT2D eigenvalue weighted by Crippen LogP contribution is -2.47. The Balaban J connectivity index is 2.32. The number of carbonyl (C=O) groups excluding carboxylic acids is 2. The number of rotatable bonds is 5. The number of likely N-dealkylation sites (tertiary alicyclic amines) is 1. The molecule has 0 aromatic carbocycles. The first-order chi connectivity index (χ1) is 8.17. The van der Waals surface area contributed by atoms with E-state index in [1.807, 2.05) is 14.0 Å². The molecule has 1 heterocycles. The number of hydrogen-bond donors (Lipinski definition) is 3. The lowest BCUT2D eigenvalue weighted by atomic mass is 10.2. The second-order valence-electron chi connectivity index (χ2n) is 4.23. The van der Waals surface area contributed by atoms with Crippen LogP contribution in [0.4, 0.5) is 4.79 Å². The Morgan fingerprint density at radius 2 is 2.18 bits per heavy atom. The van der Waals surface area contributed by atoms with Gasteiger partial charge in [0.25, 0.3) is 0 Å². The summed E-state index contributed by atoms with van der Waals surface area (Å²) < 4.78 is 0. The van der Waals surface area contributed by atoms with Gasteiger partial charge < -0.3 is 10.6 Å². The molecule has 0 radical (unpaired) electrons. The van der Waals surface area contributed by atoms with Gasteiger partial charge in [0.1, 0.15) is 0 Å². The van der Waals surface area contributed by atoms with Gasteiger partial charge in [-0.2, -0.15) is 0 Å². The Hall–Kier alpha value is -1.14. The molecule has 1 aliphatic rings. The third kappa shape index (κ3) is 4.70. The zero-order valence-corrected chi connectivity index (χ0v) is 10.6. The minimum absolute atomic E-state index is 0.237. The van der Waals surface area contributed by atoms with Crippen molar-refractivity contribution >= 4 is 11.9 Å². The smallest absolute Gasteiger partial charge is 0.321 e. The van der Waals surface area contributed by atoms with Gasteiger partial charge in [-0.05, 0) is 33.4 Å². The summed E-state index contributed by atoms with van der Waals surface area (Å²) in [5, 5.41) is 7.98. The van der Waals surface area contributed by atoms with Gasteiger partial charge in [-0.3, -0.25) is 15.0 Å². The zero-order chi connectivity index (χ0) is 12.7. The number of carbonyl (C=O) groups is 2. The highest BCUT2D eigenvalue weighted by atomic mass is 16.2. The van der Waals surface area contributed by atoms with Crippen molar-refractivity contribution in [1.82, 2.24) is 20.9 Å². The molecule has 3 amide bonds. The van der Waals surface area contributed by atoms with Crippen LogP contribution in [-0.2, 0) is 4.79 Å². The predicted octanol–water partition coefficient (Wildman–Crippen LogP) is -0.484. The normalized spacial score (nSPS) is 20.2. The van der Waals surface area contributed by atoms with E-state index in [1.165, 1.54) is 0 Å². The Morgan fingerprint density at radius 1 is 1.41 bits per heavy atom. The molecule has 1 rings (SSSR count). The van der Waals surface area contributed by atoms with Gasteiger partial charge >= 0.3 is 6.03 Å². The van der Waals surface area contributed by atoms with Crippen molar-refractivity contribution in [2.75, 3.05) is 33.2 Å². The van der Waals surface area contributed by atoms with E-state index in [4.69, 9.17) is 0 Å². The molecular weight excluding hydrogens is 220 g/mol. The third-order valence-corrected chi connectivity index (χ3v) is 2.88. The molecule has 1 saturated heterocycles. The molecule has 17 heavy (non-hydrogen) atoms. The van der Waals surface area contributed by atoms with Crippen LogP contribution >= 0.6 is 0 Å². The molecule has 1 unspecified atom stereocenters. The molecule has 0 aliphatic carbocycles. The van der Waals surface area contributed by atoms with Gasteiger partial charge in [0.05, 0.1) is 6.54 Å². The number of likely N-dealkylation sites (N-methyl/N-ethyl adjacent to an activating group) is 1. The number of imide groups is 1. The SMILES string of the molecule is CCNC(=O)NC(=O)CN1CCCC1CNC. The van der Waals surface area contributed by atoms with Crippen LogP contribution in [0.5, 0.6) is 0 Å². The maximum absolute atomic E-state index is 11.6. The monoisotopic (exact) mass is 242 g/mol. The third-order valence-electron chi connectivity index (χ3n) is 2.88. The molecule has 1 aliphatic heterocycles. The van der Waals surface area contributed by atoms with E-state index in [9.17, 15) is 9.59 Å². The van der Waals surface area contributed by atoms with Crippen LogP contribution in [0.25, 0.3) is 0 Å². The molecular formula is C11H22N4O2. The minimum Gasteiger partial charge on any atom is -0.338 e. The van der Waals surface area contributed by atoms with Crippen molar-refractivity contribution in [2.45, 2.75) is 25.8 Å². The average Bonchev–Trinajstić information content (AvgIpc) is 2.66. The Labute approximate surface area is 102 Å². The quantitative estimate of drug-likeness (QED) is 0.608. The topological polar surface area (TPSA) is 73.5 Å². The highest BCUT2D eigenvalue weighted by molar-refractivity contribution is 5.95. The number of nitrogens with zero attached hydrogens (tertiary/aromatic N) is 1. The minimum atomic E-state index is -0.415. The van der Waals surface area contributed by atoms with Crippen molar-refractivity contribution in [3.63, 3.8) is 0 Å². The Bertz CT molecular complexity index is 270. The van der Waals surface area contributed by atoms with Gasteiger partial charge in [0, 0.05) is 19.1 Å². The van der Waals surface area contributed by atoms with E-state index in [2.05, 4.69) is 20.9 Å². The van der Waals surface area contributed by atoms with Crippen LogP contribution < -0.4 is 16.0 Å². The van der Waals surface area contributed by atoms with E-state index >= 15 is 0 Å². The molecule has 0 aromatic heterocycles. The highest BCUT2D eigenvalue weighted by Crippen LogP contribution is 2.15. The maximum atomic E-state index is 11.6. The molecule has 0 bridgehead atoms. The maximum Gasteiger partial charge on any atom is 0.321 e. The van der Waals surface area contributed by atoms with Gasteiger partial charge in [0.15, 0.2) is 0 Å². The second kappa shape index (κ2) is 7.24. The van der Waals surface area contributed by atoms with E-state index in [-0.39, 0.29) is 5.91 Å². The highest BCUT2D eigenvalue weighted by Gasteiger charge is 2.25. The lowest BCUT2D eigenvalue weighted by molar-refractivity contribution is -0.121. The summed E-state index contributed by atoms with van der Waals surface area (Å²) in [4.78, 5) is 24.9. The van der Waals surface area contributed by atoms with Gasteiger partial charge in [-0.15, -0.1) is 0 Å². The summed E-state index contributed by atoms with van der Waals surface area (Å²) in [6.45, 7) is 4.44. The van der Waals surface area contributed by atoms with Crippen molar-refractivity contribution in [2.24, 2.45) is 0 Å².